The van der Waals surface area contributed by atoms with Crippen LogP contribution in [-0.4, -0.2) is 25.7 Å². The molecule has 6 heteroatoms. The lowest BCUT2D eigenvalue weighted by Crippen LogP contribution is -1.98. The Balaban J connectivity index is 2.30. The topological polar surface area (TPSA) is 67.5 Å². The maximum atomic E-state index is 11.1. The molecule has 0 amide bonds. The summed E-state index contributed by atoms with van der Waals surface area (Å²) < 4.78 is 1.67. The van der Waals surface area contributed by atoms with E-state index in [1.807, 2.05) is 12.1 Å². The van der Waals surface area contributed by atoms with E-state index in [1.165, 1.54) is 17.7 Å². The molecule has 3 heterocycles. The average molecular weight is 245 g/mol. The summed E-state index contributed by atoms with van der Waals surface area (Å²) in [6.07, 6.45) is 3.22. The summed E-state index contributed by atoms with van der Waals surface area (Å²) in [5.74, 6) is -0.932. The van der Waals surface area contributed by atoms with Crippen molar-refractivity contribution < 1.29 is 9.90 Å². The zero-order chi connectivity index (χ0) is 11.8. The molecule has 0 saturated carbocycles. The molecule has 3 aromatic rings. The summed E-state index contributed by atoms with van der Waals surface area (Å²) in [6, 6.07) is 5.47. The highest BCUT2D eigenvalue weighted by molar-refractivity contribution is 7.12. The first-order valence-corrected chi connectivity index (χ1v) is 5.75. The van der Waals surface area contributed by atoms with Crippen LogP contribution in [0.4, 0.5) is 0 Å². The van der Waals surface area contributed by atoms with Crippen LogP contribution >= 0.6 is 11.3 Å². The molecular formula is C11H7N3O2S. The van der Waals surface area contributed by atoms with Crippen molar-refractivity contribution in [2.24, 2.45) is 0 Å². The lowest BCUT2D eigenvalue weighted by atomic mass is 10.1. The van der Waals surface area contributed by atoms with E-state index >= 15 is 0 Å². The molecule has 1 N–H and O–H groups in total. The lowest BCUT2D eigenvalue weighted by molar-refractivity contribution is 0.0703. The number of thiophene rings is 1. The molecular weight excluding hydrogens is 238 g/mol. The van der Waals surface area contributed by atoms with Crippen LogP contribution in [0.1, 0.15) is 9.67 Å². The number of nitrogens with zero attached hydrogens (tertiary/aromatic N) is 3. The van der Waals surface area contributed by atoms with Gasteiger partial charge in [-0.2, -0.15) is 5.10 Å². The van der Waals surface area contributed by atoms with Crippen molar-refractivity contribution in [2.45, 2.75) is 0 Å². The van der Waals surface area contributed by atoms with Gasteiger partial charge in [0.05, 0.1) is 11.2 Å². The van der Waals surface area contributed by atoms with Crippen molar-refractivity contribution in [3.8, 4) is 11.3 Å². The fraction of sp³-hybridized carbons (Fsp3) is 0. The molecule has 0 aliphatic heterocycles. The standard InChI is InChI=1S/C11H7N3O2S/c15-11(16)10-7(3-5-17-10)9-8-2-1-4-14(8)13-6-12-9/h1-6H,(H,15,16). The summed E-state index contributed by atoms with van der Waals surface area (Å²) in [4.78, 5) is 15.6. The van der Waals surface area contributed by atoms with E-state index in [-0.39, 0.29) is 0 Å². The summed E-state index contributed by atoms with van der Waals surface area (Å²) in [7, 11) is 0. The van der Waals surface area contributed by atoms with Crippen LogP contribution in [0.3, 0.4) is 0 Å². The van der Waals surface area contributed by atoms with Crippen LogP contribution in [0.25, 0.3) is 16.8 Å². The molecule has 0 atom stereocenters. The fourth-order valence-corrected chi connectivity index (χ4v) is 2.47. The molecule has 84 valence electrons. The van der Waals surface area contributed by atoms with Gasteiger partial charge in [-0.15, -0.1) is 11.3 Å². The number of aromatic carboxylic acids is 1. The van der Waals surface area contributed by atoms with Gasteiger partial charge in [-0.1, -0.05) is 0 Å². The maximum absolute atomic E-state index is 11.1. The van der Waals surface area contributed by atoms with Crippen LogP contribution in [-0.2, 0) is 0 Å². The fourth-order valence-electron chi connectivity index (χ4n) is 1.73. The van der Waals surface area contributed by atoms with E-state index in [1.54, 1.807) is 22.2 Å². The third-order valence-corrected chi connectivity index (χ3v) is 3.35. The number of carbonyl (C=O) groups is 1. The van der Waals surface area contributed by atoms with Crippen LogP contribution < -0.4 is 0 Å². The Kier molecular flexibility index (Phi) is 2.15. The minimum absolute atomic E-state index is 0.298. The molecule has 3 aromatic heterocycles. The Hall–Kier alpha value is -2.21. The Morgan fingerprint density at radius 1 is 1.41 bits per heavy atom. The van der Waals surface area contributed by atoms with E-state index < -0.39 is 5.97 Å². The smallest absolute Gasteiger partial charge is 0.346 e. The quantitative estimate of drug-likeness (QED) is 0.751. The van der Waals surface area contributed by atoms with Crippen LogP contribution in [0.5, 0.6) is 0 Å². The van der Waals surface area contributed by atoms with E-state index in [4.69, 9.17) is 5.11 Å². The number of fused-ring (bicyclic) bond motifs is 1. The highest BCUT2D eigenvalue weighted by Gasteiger charge is 2.16. The zero-order valence-electron chi connectivity index (χ0n) is 8.57. The van der Waals surface area contributed by atoms with Gasteiger partial charge in [-0.3, -0.25) is 0 Å². The summed E-state index contributed by atoms with van der Waals surface area (Å²) in [5.41, 5.74) is 2.07. The maximum Gasteiger partial charge on any atom is 0.346 e. The Bertz CT molecular complexity index is 701. The van der Waals surface area contributed by atoms with Crippen LogP contribution in [0, 0.1) is 0 Å². The Morgan fingerprint density at radius 2 is 2.29 bits per heavy atom. The first-order valence-electron chi connectivity index (χ1n) is 4.87. The summed E-state index contributed by atoms with van der Waals surface area (Å²) in [6.45, 7) is 0. The monoisotopic (exact) mass is 245 g/mol. The Labute approximate surface area is 100.0 Å². The van der Waals surface area contributed by atoms with E-state index in [0.29, 0.717) is 16.1 Å². The van der Waals surface area contributed by atoms with Crippen molar-refractivity contribution in [3.63, 3.8) is 0 Å². The predicted octanol–water partition coefficient (Wildman–Crippen LogP) is 2.16. The average Bonchev–Trinajstić information content (AvgIpc) is 2.97. The van der Waals surface area contributed by atoms with E-state index in [0.717, 1.165) is 5.52 Å². The molecule has 17 heavy (non-hydrogen) atoms. The highest BCUT2D eigenvalue weighted by atomic mass is 32.1. The lowest BCUT2D eigenvalue weighted by Gasteiger charge is -2.02. The third kappa shape index (κ3) is 1.50. The third-order valence-electron chi connectivity index (χ3n) is 2.45. The van der Waals surface area contributed by atoms with Crippen molar-refractivity contribution in [1.82, 2.24) is 14.6 Å². The number of hydrogen-bond acceptors (Lipinski definition) is 4. The van der Waals surface area contributed by atoms with Gasteiger partial charge >= 0.3 is 5.97 Å². The van der Waals surface area contributed by atoms with Crippen molar-refractivity contribution in [3.05, 3.63) is 41.0 Å². The minimum atomic E-state index is -0.932. The number of rotatable bonds is 2. The first kappa shape index (κ1) is 9.98. The second kappa shape index (κ2) is 3.67. The molecule has 0 aromatic carbocycles. The molecule has 0 unspecified atom stereocenters. The first-order chi connectivity index (χ1) is 8.27. The van der Waals surface area contributed by atoms with Gasteiger partial charge < -0.3 is 5.11 Å². The number of hydrogen-bond donors (Lipinski definition) is 1. The van der Waals surface area contributed by atoms with E-state index in [9.17, 15) is 4.79 Å². The molecule has 0 fully saturated rings. The van der Waals surface area contributed by atoms with Gasteiger partial charge in [0.15, 0.2) is 0 Å². The second-order valence-corrected chi connectivity index (χ2v) is 4.33. The molecule has 3 rings (SSSR count). The van der Waals surface area contributed by atoms with Gasteiger partial charge in [0.2, 0.25) is 0 Å². The molecule has 0 bridgehead atoms. The second-order valence-electron chi connectivity index (χ2n) is 3.42. The van der Waals surface area contributed by atoms with E-state index in [2.05, 4.69) is 10.1 Å². The van der Waals surface area contributed by atoms with Crippen molar-refractivity contribution >= 4 is 22.8 Å². The molecule has 0 spiro atoms. The molecule has 0 aliphatic carbocycles. The molecule has 5 nitrogen and oxygen atoms in total. The van der Waals surface area contributed by atoms with Gasteiger partial charge in [0, 0.05) is 11.8 Å². The molecule has 0 radical (unpaired) electrons. The predicted molar refractivity (Wildman–Crippen MR) is 63.3 cm³/mol. The molecule has 0 saturated heterocycles. The van der Waals surface area contributed by atoms with Gasteiger partial charge in [-0.05, 0) is 23.6 Å². The van der Waals surface area contributed by atoms with Crippen molar-refractivity contribution in [1.29, 1.82) is 0 Å². The summed E-state index contributed by atoms with van der Waals surface area (Å²) in [5, 5.41) is 14.9. The van der Waals surface area contributed by atoms with Gasteiger partial charge in [0.25, 0.3) is 0 Å². The number of aromatic nitrogens is 3. The van der Waals surface area contributed by atoms with Gasteiger partial charge in [0.1, 0.15) is 11.2 Å². The summed E-state index contributed by atoms with van der Waals surface area (Å²) >= 11 is 1.19. The van der Waals surface area contributed by atoms with Gasteiger partial charge in [-0.25, -0.2) is 14.3 Å². The highest BCUT2D eigenvalue weighted by Crippen LogP contribution is 2.29. The van der Waals surface area contributed by atoms with Crippen LogP contribution in [0.2, 0.25) is 0 Å². The number of carboxylic acid groups (broad SMARTS) is 1. The minimum Gasteiger partial charge on any atom is -0.477 e. The van der Waals surface area contributed by atoms with Crippen molar-refractivity contribution in [2.75, 3.05) is 0 Å². The SMILES string of the molecule is O=C(O)c1sccc1-c1ncnn2cccc12. The number of carboxylic acids is 1. The molecule has 0 aliphatic rings. The largest absolute Gasteiger partial charge is 0.477 e. The normalized spacial score (nSPS) is 10.8. The zero-order valence-corrected chi connectivity index (χ0v) is 9.39. The van der Waals surface area contributed by atoms with Crippen LogP contribution in [0.15, 0.2) is 36.1 Å². The Morgan fingerprint density at radius 3 is 3.12 bits per heavy atom.